The molecule has 1 aliphatic heterocycles. The summed E-state index contributed by atoms with van der Waals surface area (Å²) in [7, 11) is 0. The summed E-state index contributed by atoms with van der Waals surface area (Å²) in [5.74, 6) is 0.803. The summed E-state index contributed by atoms with van der Waals surface area (Å²) in [5.41, 5.74) is 4.58. The predicted octanol–water partition coefficient (Wildman–Crippen LogP) is 5.01. The SMILES string of the molecule is Clc1ccc(CN2CCc3nc(-c4ccccc4)ncc3C2)cc1Cl. The van der Waals surface area contributed by atoms with Gasteiger partial charge in [0.1, 0.15) is 0 Å². The van der Waals surface area contributed by atoms with Crippen molar-refractivity contribution in [1.29, 1.82) is 0 Å². The van der Waals surface area contributed by atoms with Crippen LogP contribution in [0.3, 0.4) is 0 Å². The van der Waals surface area contributed by atoms with Gasteiger partial charge in [-0.25, -0.2) is 9.97 Å². The van der Waals surface area contributed by atoms with Crippen LogP contribution >= 0.6 is 23.2 Å². The van der Waals surface area contributed by atoms with Crippen LogP contribution in [0.2, 0.25) is 10.0 Å². The molecule has 0 amide bonds. The van der Waals surface area contributed by atoms with Crippen LogP contribution in [0.5, 0.6) is 0 Å². The molecule has 2 aromatic carbocycles. The van der Waals surface area contributed by atoms with Crippen LogP contribution in [0.25, 0.3) is 11.4 Å². The molecule has 0 saturated carbocycles. The molecule has 2 heterocycles. The van der Waals surface area contributed by atoms with E-state index < -0.39 is 0 Å². The van der Waals surface area contributed by atoms with E-state index >= 15 is 0 Å². The van der Waals surface area contributed by atoms with Crippen LogP contribution in [0.15, 0.2) is 54.7 Å². The lowest BCUT2D eigenvalue weighted by Gasteiger charge is -2.28. The summed E-state index contributed by atoms with van der Waals surface area (Å²) in [4.78, 5) is 11.7. The molecule has 1 aromatic heterocycles. The van der Waals surface area contributed by atoms with Crippen molar-refractivity contribution in [2.45, 2.75) is 19.5 Å². The number of fused-ring (bicyclic) bond motifs is 1. The van der Waals surface area contributed by atoms with Crippen molar-refractivity contribution in [2.24, 2.45) is 0 Å². The highest BCUT2D eigenvalue weighted by Gasteiger charge is 2.19. The Morgan fingerprint density at radius 2 is 1.84 bits per heavy atom. The topological polar surface area (TPSA) is 29.0 Å². The number of hydrogen-bond acceptors (Lipinski definition) is 3. The first-order chi connectivity index (χ1) is 12.2. The van der Waals surface area contributed by atoms with Crippen molar-refractivity contribution in [3.05, 3.63) is 81.6 Å². The maximum absolute atomic E-state index is 6.12. The monoisotopic (exact) mass is 369 g/mol. The van der Waals surface area contributed by atoms with Gasteiger partial charge in [-0.15, -0.1) is 0 Å². The second-order valence-electron chi connectivity index (χ2n) is 6.24. The van der Waals surface area contributed by atoms with Crippen molar-refractivity contribution in [3.8, 4) is 11.4 Å². The van der Waals surface area contributed by atoms with Gasteiger partial charge in [-0.05, 0) is 17.7 Å². The molecular formula is C20H17Cl2N3. The van der Waals surface area contributed by atoms with E-state index in [-0.39, 0.29) is 0 Å². The molecule has 0 saturated heterocycles. The van der Waals surface area contributed by atoms with Gasteiger partial charge in [-0.1, -0.05) is 59.6 Å². The summed E-state index contributed by atoms with van der Waals surface area (Å²) >= 11 is 12.1. The average molecular weight is 370 g/mol. The molecular weight excluding hydrogens is 353 g/mol. The molecule has 0 spiro atoms. The Balaban J connectivity index is 1.51. The van der Waals surface area contributed by atoms with Gasteiger partial charge in [0.05, 0.1) is 15.7 Å². The molecule has 0 unspecified atom stereocenters. The zero-order valence-electron chi connectivity index (χ0n) is 13.6. The van der Waals surface area contributed by atoms with Crippen LogP contribution < -0.4 is 0 Å². The Bertz CT molecular complexity index is 897. The summed E-state index contributed by atoms with van der Waals surface area (Å²) in [6.45, 7) is 2.67. The minimum atomic E-state index is 0.594. The van der Waals surface area contributed by atoms with Crippen LogP contribution in [0.4, 0.5) is 0 Å². The van der Waals surface area contributed by atoms with Gasteiger partial charge in [0.15, 0.2) is 5.82 Å². The molecule has 3 aromatic rings. The second kappa shape index (κ2) is 7.12. The van der Waals surface area contributed by atoms with E-state index in [4.69, 9.17) is 28.2 Å². The van der Waals surface area contributed by atoms with Crippen LogP contribution in [-0.4, -0.2) is 21.4 Å². The van der Waals surface area contributed by atoms with E-state index in [9.17, 15) is 0 Å². The number of aromatic nitrogens is 2. The van der Waals surface area contributed by atoms with Crippen LogP contribution in [-0.2, 0) is 19.5 Å². The van der Waals surface area contributed by atoms with Gasteiger partial charge in [-0.2, -0.15) is 0 Å². The van der Waals surface area contributed by atoms with Crippen molar-refractivity contribution in [1.82, 2.24) is 14.9 Å². The fourth-order valence-corrected chi connectivity index (χ4v) is 3.45. The average Bonchev–Trinajstić information content (AvgIpc) is 2.65. The van der Waals surface area contributed by atoms with Crippen molar-refractivity contribution >= 4 is 23.2 Å². The second-order valence-corrected chi connectivity index (χ2v) is 7.06. The summed E-state index contributed by atoms with van der Waals surface area (Å²) in [5, 5.41) is 1.20. The molecule has 5 heteroatoms. The smallest absolute Gasteiger partial charge is 0.159 e. The van der Waals surface area contributed by atoms with Crippen LogP contribution in [0, 0.1) is 0 Å². The molecule has 0 aliphatic carbocycles. The molecule has 0 fully saturated rings. The van der Waals surface area contributed by atoms with Crippen LogP contribution in [0.1, 0.15) is 16.8 Å². The van der Waals surface area contributed by atoms with Gasteiger partial charge in [0.25, 0.3) is 0 Å². The van der Waals surface area contributed by atoms with Crippen molar-refractivity contribution < 1.29 is 0 Å². The largest absolute Gasteiger partial charge is 0.294 e. The Morgan fingerprint density at radius 3 is 2.64 bits per heavy atom. The van der Waals surface area contributed by atoms with E-state index in [1.165, 1.54) is 11.1 Å². The zero-order chi connectivity index (χ0) is 17.2. The van der Waals surface area contributed by atoms with E-state index in [1.54, 1.807) is 0 Å². The Morgan fingerprint density at radius 1 is 1.00 bits per heavy atom. The lowest BCUT2D eigenvalue weighted by Crippen LogP contribution is -2.31. The first-order valence-corrected chi connectivity index (χ1v) is 9.01. The molecule has 1 aliphatic rings. The maximum Gasteiger partial charge on any atom is 0.159 e. The van der Waals surface area contributed by atoms with Crippen molar-refractivity contribution in [2.75, 3.05) is 6.54 Å². The third-order valence-electron chi connectivity index (χ3n) is 4.44. The molecule has 0 N–H and O–H groups in total. The van der Waals surface area contributed by atoms with E-state index in [1.807, 2.05) is 54.7 Å². The van der Waals surface area contributed by atoms with Gasteiger partial charge < -0.3 is 0 Å². The maximum atomic E-state index is 6.12. The highest BCUT2D eigenvalue weighted by molar-refractivity contribution is 6.42. The number of nitrogens with zero attached hydrogens (tertiary/aromatic N) is 3. The Kier molecular flexibility index (Phi) is 4.71. The first-order valence-electron chi connectivity index (χ1n) is 8.25. The van der Waals surface area contributed by atoms with Crippen molar-refractivity contribution in [3.63, 3.8) is 0 Å². The van der Waals surface area contributed by atoms with E-state index in [0.29, 0.717) is 10.0 Å². The van der Waals surface area contributed by atoms with Gasteiger partial charge in [0.2, 0.25) is 0 Å². The predicted molar refractivity (Wildman–Crippen MR) is 102 cm³/mol. The van der Waals surface area contributed by atoms with Gasteiger partial charge in [0, 0.05) is 43.4 Å². The molecule has 126 valence electrons. The molecule has 0 atom stereocenters. The van der Waals surface area contributed by atoms with Gasteiger partial charge >= 0.3 is 0 Å². The van der Waals surface area contributed by atoms with E-state index in [0.717, 1.165) is 43.1 Å². The molecule has 0 bridgehead atoms. The molecule has 0 radical (unpaired) electrons. The number of rotatable bonds is 3. The fraction of sp³-hybridized carbons (Fsp3) is 0.200. The standard InChI is InChI=1S/C20H17Cl2N3/c21-17-7-6-14(10-18(17)22)12-25-9-8-19-16(13-25)11-23-20(24-19)15-4-2-1-3-5-15/h1-7,10-11H,8-9,12-13H2. The minimum absolute atomic E-state index is 0.594. The summed E-state index contributed by atoms with van der Waals surface area (Å²) in [6, 6.07) is 15.9. The fourth-order valence-electron chi connectivity index (χ4n) is 3.13. The number of hydrogen-bond donors (Lipinski definition) is 0. The summed E-state index contributed by atoms with van der Waals surface area (Å²) < 4.78 is 0. The number of halogens is 2. The van der Waals surface area contributed by atoms with Gasteiger partial charge in [-0.3, -0.25) is 4.90 Å². The molecule has 25 heavy (non-hydrogen) atoms. The third-order valence-corrected chi connectivity index (χ3v) is 5.17. The summed E-state index contributed by atoms with van der Waals surface area (Å²) in [6.07, 6.45) is 2.89. The van der Waals surface area contributed by atoms with E-state index in [2.05, 4.69) is 9.88 Å². The lowest BCUT2D eigenvalue weighted by molar-refractivity contribution is 0.243. The number of benzene rings is 2. The highest BCUT2D eigenvalue weighted by Crippen LogP contribution is 2.25. The molecule has 3 nitrogen and oxygen atoms in total. The first kappa shape index (κ1) is 16.5. The lowest BCUT2D eigenvalue weighted by atomic mass is 10.1. The zero-order valence-corrected chi connectivity index (χ0v) is 15.1. The Labute approximate surface area is 157 Å². The highest BCUT2D eigenvalue weighted by atomic mass is 35.5. The quantitative estimate of drug-likeness (QED) is 0.649. The third kappa shape index (κ3) is 3.69. The molecule has 4 rings (SSSR count). The minimum Gasteiger partial charge on any atom is -0.294 e. The normalized spacial score (nSPS) is 14.3. The Hall–Kier alpha value is -1.94.